The largest absolute Gasteiger partial charge is 0.396 e. The molecular weight excluding hydrogens is 160 g/mol. The first-order valence-corrected chi connectivity index (χ1v) is 5.45. The lowest BCUT2D eigenvalue weighted by molar-refractivity contribution is 0.157. The van der Waals surface area contributed by atoms with Crippen LogP contribution in [0.1, 0.15) is 40.0 Å². The molecule has 0 bridgehead atoms. The lowest BCUT2D eigenvalue weighted by atomic mass is 9.74. The van der Waals surface area contributed by atoms with Crippen molar-refractivity contribution in [2.24, 2.45) is 17.8 Å². The summed E-state index contributed by atoms with van der Waals surface area (Å²) < 4.78 is 0. The second kappa shape index (κ2) is 4.80. The van der Waals surface area contributed by atoms with Crippen molar-refractivity contribution in [3.05, 3.63) is 11.6 Å². The van der Waals surface area contributed by atoms with Crippen LogP contribution in [-0.4, -0.2) is 11.7 Å². The Labute approximate surface area is 81.9 Å². The van der Waals surface area contributed by atoms with Gasteiger partial charge in [0.1, 0.15) is 0 Å². The van der Waals surface area contributed by atoms with Crippen molar-refractivity contribution < 1.29 is 5.11 Å². The number of hydrogen-bond acceptors (Lipinski definition) is 1. The summed E-state index contributed by atoms with van der Waals surface area (Å²) in [5, 5.41) is 9.08. The van der Waals surface area contributed by atoms with Crippen LogP contribution in [0.25, 0.3) is 0 Å². The Morgan fingerprint density at radius 2 is 2.31 bits per heavy atom. The Hall–Kier alpha value is -0.300. The second-order valence-electron chi connectivity index (χ2n) is 4.46. The summed E-state index contributed by atoms with van der Waals surface area (Å²) in [4.78, 5) is 0. The maximum absolute atomic E-state index is 9.08. The highest BCUT2D eigenvalue weighted by atomic mass is 16.3. The molecule has 13 heavy (non-hydrogen) atoms. The topological polar surface area (TPSA) is 20.2 Å². The van der Waals surface area contributed by atoms with E-state index in [1.807, 2.05) is 0 Å². The first-order chi connectivity index (χ1) is 6.19. The third kappa shape index (κ3) is 2.57. The first kappa shape index (κ1) is 10.8. The number of rotatable bonds is 2. The fraction of sp³-hybridized carbons (Fsp3) is 0.833. The Balaban J connectivity index is 2.50. The Bertz CT molecular complexity index is 184. The quantitative estimate of drug-likeness (QED) is 0.651. The van der Waals surface area contributed by atoms with E-state index < -0.39 is 0 Å². The van der Waals surface area contributed by atoms with Crippen LogP contribution in [-0.2, 0) is 0 Å². The molecule has 1 rings (SSSR count). The van der Waals surface area contributed by atoms with E-state index in [-0.39, 0.29) is 0 Å². The zero-order chi connectivity index (χ0) is 9.84. The molecule has 1 fully saturated rings. The van der Waals surface area contributed by atoms with Gasteiger partial charge in [-0.15, -0.1) is 0 Å². The van der Waals surface area contributed by atoms with Crippen LogP contribution in [0.15, 0.2) is 11.6 Å². The van der Waals surface area contributed by atoms with Gasteiger partial charge in [0, 0.05) is 6.61 Å². The summed E-state index contributed by atoms with van der Waals surface area (Å²) in [6.07, 6.45) is 6.05. The van der Waals surface area contributed by atoms with Gasteiger partial charge in [0.2, 0.25) is 0 Å². The maximum atomic E-state index is 9.08. The molecule has 0 saturated heterocycles. The maximum Gasteiger partial charge on any atom is 0.0459 e. The van der Waals surface area contributed by atoms with E-state index in [0.717, 1.165) is 11.8 Å². The van der Waals surface area contributed by atoms with Crippen LogP contribution < -0.4 is 0 Å². The Morgan fingerprint density at radius 3 is 2.77 bits per heavy atom. The summed E-state index contributed by atoms with van der Waals surface area (Å²) in [7, 11) is 0. The highest BCUT2D eigenvalue weighted by molar-refractivity contribution is 5.08. The van der Waals surface area contributed by atoms with Crippen LogP contribution >= 0.6 is 0 Å². The van der Waals surface area contributed by atoms with Crippen LogP contribution in [0, 0.1) is 17.8 Å². The molecule has 1 aliphatic rings. The van der Waals surface area contributed by atoms with E-state index in [9.17, 15) is 0 Å². The molecule has 3 atom stereocenters. The fourth-order valence-corrected chi connectivity index (χ4v) is 2.42. The van der Waals surface area contributed by atoms with Gasteiger partial charge in [0.15, 0.2) is 0 Å². The normalized spacial score (nSPS) is 34.9. The minimum atomic E-state index is 0.350. The van der Waals surface area contributed by atoms with Gasteiger partial charge < -0.3 is 5.11 Å². The summed E-state index contributed by atoms with van der Waals surface area (Å²) >= 11 is 0. The average Bonchev–Trinajstić information content (AvgIpc) is 2.16. The molecule has 1 N–H and O–H groups in total. The molecule has 3 unspecified atom stereocenters. The van der Waals surface area contributed by atoms with E-state index >= 15 is 0 Å². The predicted octanol–water partition coefficient (Wildman–Crippen LogP) is 3.00. The van der Waals surface area contributed by atoms with Gasteiger partial charge in [-0.25, -0.2) is 0 Å². The number of aliphatic hydroxyl groups is 1. The third-order valence-electron chi connectivity index (χ3n) is 3.56. The Kier molecular flexibility index (Phi) is 3.98. The van der Waals surface area contributed by atoms with Crippen molar-refractivity contribution in [2.75, 3.05) is 6.61 Å². The predicted molar refractivity (Wildman–Crippen MR) is 56.5 cm³/mol. The molecule has 0 spiro atoms. The van der Waals surface area contributed by atoms with E-state index in [0.29, 0.717) is 12.5 Å². The number of allylic oxidation sites excluding steroid dienone is 2. The van der Waals surface area contributed by atoms with Crippen LogP contribution in [0.3, 0.4) is 0 Å². The van der Waals surface area contributed by atoms with Gasteiger partial charge in [-0.05, 0) is 43.9 Å². The van der Waals surface area contributed by atoms with Gasteiger partial charge in [-0.2, -0.15) is 0 Å². The highest BCUT2D eigenvalue weighted by Crippen LogP contribution is 2.36. The molecule has 0 aliphatic heterocycles. The molecule has 1 saturated carbocycles. The molecule has 1 nitrogen and oxygen atoms in total. The first-order valence-electron chi connectivity index (χ1n) is 5.45. The molecule has 1 aliphatic carbocycles. The molecule has 0 aromatic carbocycles. The minimum absolute atomic E-state index is 0.350. The molecule has 76 valence electrons. The van der Waals surface area contributed by atoms with Crippen molar-refractivity contribution in [2.45, 2.75) is 40.0 Å². The molecule has 0 aromatic rings. The van der Waals surface area contributed by atoms with Crippen molar-refractivity contribution in [3.8, 4) is 0 Å². The minimum Gasteiger partial charge on any atom is -0.396 e. The van der Waals surface area contributed by atoms with E-state index in [1.165, 1.54) is 19.3 Å². The molecule has 0 radical (unpaired) electrons. The third-order valence-corrected chi connectivity index (χ3v) is 3.56. The Morgan fingerprint density at radius 1 is 1.62 bits per heavy atom. The molecule has 0 heterocycles. The SMILES string of the molecule is CC=C1CCC(C(C)CO)CC1C. The molecule has 0 aromatic heterocycles. The van der Waals surface area contributed by atoms with Crippen molar-refractivity contribution in [3.63, 3.8) is 0 Å². The summed E-state index contributed by atoms with van der Waals surface area (Å²) in [5.41, 5.74) is 1.61. The number of hydrogen-bond donors (Lipinski definition) is 1. The molecule has 1 heteroatoms. The van der Waals surface area contributed by atoms with E-state index in [1.54, 1.807) is 5.57 Å². The average molecular weight is 182 g/mol. The smallest absolute Gasteiger partial charge is 0.0459 e. The van der Waals surface area contributed by atoms with Crippen molar-refractivity contribution in [1.29, 1.82) is 0 Å². The summed E-state index contributed by atoms with van der Waals surface area (Å²) in [5.74, 6) is 1.96. The van der Waals surface area contributed by atoms with Crippen molar-refractivity contribution in [1.82, 2.24) is 0 Å². The standard InChI is InChI=1S/C12H22O/c1-4-11-5-6-12(7-9(11)2)10(3)8-13/h4,9-10,12-13H,5-8H2,1-3H3. The zero-order valence-electron chi connectivity index (χ0n) is 9.09. The van der Waals surface area contributed by atoms with Gasteiger partial charge >= 0.3 is 0 Å². The molecular formula is C12H22O. The molecule has 0 amide bonds. The van der Waals surface area contributed by atoms with Crippen LogP contribution in [0.5, 0.6) is 0 Å². The van der Waals surface area contributed by atoms with Crippen molar-refractivity contribution >= 4 is 0 Å². The monoisotopic (exact) mass is 182 g/mol. The van der Waals surface area contributed by atoms with Gasteiger partial charge in [-0.1, -0.05) is 25.5 Å². The van der Waals surface area contributed by atoms with E-state index in [4.69, 9.17) is 5.11 Å². The highest BCUT2D eigenvalue weighted by Gasteiger charge is 2.25. The van der Waals surface area contributed by atoms with Crippen LogP contribution in [0.2, 0.25) is 0 Å². The fourth-order valence-electron chi connectivity index (χ4n) is 2.42. The summed E-state index contributed by atoms with van der Waals surface area (Å²) in [6, 6.07) is 0. The van der Waals surface area contributed by atoms with Gasteiger partial charge in [-0.3, -0.25) is 0 Å². The van der Waals surface area contributed by atoms with E-state index in [2.05, 4.69) is 26.8 Å². The zero-order valence-corrected chi connectivity index (χ0v) is 9.09. The lowest BCUT2D eigenvalue weighted by Gasteiger charge is -2.32. The summed E-state index contributed by atoms with van der Waals surface area (Å²) in [6.45, 7) is 6.97. The van der Waals surface area contributed by atoms with Gasteiger partial charge in [0.25, 0.3) is 0 Å². The lowest BCUT2D eigenvalue weighted by Crippen LogP contribution is -2.23. The van der Waals surface area contributed by atoms with Gasteiger partial charge in [0.05, 0.1) is 0 Å². The number of aliphatic hydroxyl groups excluding tert-OH is 1. The van der Waals surface area contributed by atoms with Crippen LogP contribution in [0.4, 0.5) is 0 Å². The second-order valence-corrected chi connectivity index (χ2v) is 4.46.